The van der Waals surface area contributed by atoms with Crippen LogP contribution in [0.15, 0.2) is 90.0 Å². The van der Waals surface area contributed by atoms with Crippen LogP contribution in [0.4, 0.5) is 0 Å². The van der Waals surface area contributed by atoms with Gasteiger partial charge in [-0.25, -0.2) is 10.1 Å². The SMILES string of the molecule is COc1ccc(CCCCN(C(=O)C(c2ccccc2)c2ccccc2)[C@@H](CCCN)C(=O)NC(N)=N[N+](=O)[O-])cc1. The zero-order valence-electron chi connectivity index (χ0n) is 23.7. The number of carbonyl (C=O) groups excluding carboxylic acids is 2. The molecular formula is C31H38N6O5. The van der Waals surface area contributed by atoms with Crippen LogP contribution in [-0.2, 0) is 16.0 Å². The molecule has 0 unspecified atom stereocenters. The second-order valence-electron chi connectivity index (χ2n) is 9.75. The van der Waals surface area contributed by atoms with Crippen molar-refractivity contribution in [3.63, 3.8) is 0 Å². The Morgan fingerprint density at radius 2 is 1.55 bits per heavy atom. The minimum Gasteiger partial charge on any atom is -0.497 e. The first kappa shape index (κ1) is 31.8. The third-order valence-corrected chi connectivity index (χ3v) is 6.87. The number of amides is 2. The normalized spacial score (nSPS) is 12.0. The Kier molecular flexibility index (Phi) is 12.5. The number of rotatable bonds is 15. The lowest BCUT2D eigenvalue weighted by molar-refractivity contribution is -0.485. The van der Waals surface area contributed by atoms with Gasteiger partial charge >= 0.3 is 0 Å². The summed E-state index contributed by atoms with van der Waals surface area (Å²) in [5.41, 5.74) is 14.1. The zero-order valence-corrected chi connectivity index (χ0v) is 23.7. The first-order valence-electron chi connectivity index (χ1n) is 13.9. The van der Waals surface area contributed by atoms with Gasteiger partial charge in [-0.05, 0) is 67.5 Å². The molecule has 1 atom stereocenters. The molecule has 0 fully saturated rings. The molecule has 0 aliphatic heterocycles. The van der Waals surface area contributed by atoms with Gasteiger partial charge in [0.2, 0.25) is 11.8 Å². The number of ether oxygens (including phenoxy) is 1. The van der Waals surface area contributed by atoms with Crippen LogP contribution >= 0.6 is 0 Å². The molecule has 11 nitrogen and oxygen atoms in total. The number of hydrogen-bond donors (Lipinski definition) is 3. The third kappa shape index (κ3) is 9.41. The smallest absolute Gasteiger partial charge is 0.272 e. The molecule has 0 bridgehead atoms. The molecule has 0 saturated carbocycles. The van der Waals surface area contributed by atoms with Crippen molar-refractivity contribution in [3.8, 4) is 5.75 Å². The molecule has 42 heavy (non-hydrogen) atoms. The predicted molar refractivity (Wildman–Crippen MR) is 161 cm³/mol. The highest BCUT2D eigenvalue weighted by Gasteiger charge is 2.35. The number of guanidine groups is 1. The Balaban J connectivity index is 1.93. The van der Waals surface area contributed by atoms with Crippen molar-refractivity contribution >= 4 is 17.8 Å². The van der Waals surface area contributed by atoms with E-state index in [1.807, 2.05) is 84.9 Å². The number of unbranched alkanes of at least 4 members (excludes halogenated alkanes) is 1. The molecule has 5 N–H and O–H groups in total. The largest absolute Gasteiger partial charge is 0.497 e. The van der Waals surface area contributed by atoms with Crippen LogP contribution in [0.2, 0.25) is 0 Å². The van der Waals surface area contributed by atoms with Gasteiger partial charge in [0.05, 0.1) is 13.0 Å². The van der Waals surface area contributed by atoms with E-state index in [2.05, 4.69) is 10.4 Å². The molecule has 3 rings (SSSR count). The molecular weight excluding hydrogens is 536 g/mol. The van der Waals surface area contributed by atoms with Gasteiger partial charge in [-0.2, -0.15) is 0 Å². The summed E-state index contributed by atoms with van der Waals surface area (Å²) in [6, 6.07) is 25.6. The van der Waals surface area contributed by atoms with Crippen LogP contribution in [0.3, 0.4) is 0 Å². The number of nitro groups is 1. The standard InChI is InChI=1S/C31H38N6O5/c1-42-26-19-17-23(18-20-26)11-8-9-22-36(27(16-10-21-32)29(38)34-31(33)35-37(40)41)30(39)28(24-12-4-2-5-13-24)25-14-6-3-7-15-25/h2-7,12-15,17-20,27-28H,8-11,16,21-22,32H2,1H3,(H3,33,34,35,38)/t27-/m0/s1. The van der Waals surface area contributed by atoms with E-state index < -0.39 is 28.9 Å². The summed E-state index contributed by atoms with van der Waals surface area (Å²) in [6.07, 6.45) is 2.83. The van der Waals surface area contributed by atoms with Crippen molar-refractivity contribution in [2.45, 2.75) is 44.1 Å². The molecule has 3 aromatic rings. The number of benzene rings is 3. The lowest BCUT2D eigenvalue weighted by atomic mass is 9.89. The Labute approximate surface area is 245 Å². The second-order valence-corrected chi connectivity index (χ2v) is 9.75. The second kappa shape index (κ2) is 16.5. The maximum atomic E-state index is 14.5. The van der Waals surface area contributed by atoms with E-state index in [0.717, 1.165) is 35.3 Å². The van der Waals surface area contributed by atoms with Gasteiger partial charge in [-0.3, -0.25) is 14.9 Å². The third-order valence-electron chi connectivity index (χ3n) is 6.87. The highest BCUT2D eigenvalue weighted by molar-refractivity contribution is 6.00. The molecule has 0 aromatic heterocycles. The topological polar surface area (TPSA) is 166 Å². The highest BCUT2D eigenvalue weighted by atomic mass is 16.7. The van der Waals surface area contributed by atoms with E-state index >= 15 is 0 Å². The summed E-state index contributed by atoms with van der Waals surface area (Å²) in [7, 11) is 1.62. The Morgan fingerprint density at radius 1 is 0.952 bits per heavy atom. The fraction of sp³-hybridized carbons (Fsp3) is 0.323. The molecule has 0 radical (unpaired) electrons. The predicted octanol–water partition coefficient (Wildman–Crippen LogP) is 3.41. The fourth-order valence-electron chi connectivity index (χ4n) is 4.82. The molecule has 3 aromatic carbocycles. The van der Waals surface area contributed by atoms with Gasteiger partial charge in [0, 0.05) is 6.54 Å². The van der Waals surface area contributed by atoms with Crippen LogP contribution < -0.4 is 21.5 Å². The van der Waals surface area contributed by atoms with Gasteiger partial charge in [0.25, 0.3) is 5.96 Å². The maximum absolute atomic E-state index is 14.5. The number of carbonyl (C=O) groups is 2. The summed E-state index contributed by atoms with van der Waals surface area (Å²) in [4.78, 5) is 40.3. The number of methoxy groups -OCH3 is 1. The maximum Gasteiger partial charge on any atom is 0.272 e. The van der Waals surface area contributed by atoms with Crippen LogP contribution in [0.25, 0.3) is 0 Å². The zero-order chi connectivity index (χ0) is 30.3. The van der Waals surface area contributed by atoms with Crippen molar-refractivity contribution < 1.29 is 19.4 Å². The molecule has 222 valence electrons. The number of hydrazone groups is 1. The lowest BCUT2D eigenvalue weighted by Gasteiger charge is -2.34. The summed E-state index contributed by atoms with van der Waals surface area (Å²) in [5, 5.41) is 15.1. The summed E-state index contributed by atoms with van der Waals surface area (Å²) in [5.74, 6) is -1.48. The molecule has 0 spiro atoms. The van der Waals surface area contributed by atoms with Crippen molar-refractivity contribution in [2.75, 3.05) is 20.2 Å². The van der Waals surface area contributed by atoms with Gasteiger partial charge < -0.3 is 21.1 Å². The van der Waals surface area contributed by atoms with E-state index in [1.165, 1.54) is 0 Å². The number of nitrogens with one attached hydrogen (secondary N) is 1. The minimum atomic E-state index is -0.993. The first-order chi connectivity index (χ1) is 20.3. The molecule has 2 amide bonds. The van der Waals surface area contributed by atoms with Crippen LogP contribution in [0, 0.1) is 10.1 Å². The van der Waals surface area contributed by atoms with Gasteiger partial charge in [0.1, 0.15) is 16.9 Å². The fourth-order valence-corrected chi connectivity index (χ4v) is 4.82. The van der Waals surface area contributed by atoms with Gasteiger partial charge in [0.15, 0.2) is 5.03 Å². The van der Waals surface area contributed by atoms with Gasteiger partial charge in [-0.1, -0.05) is 72.8 Å². The van der Waals surface area contributed by atoms with Gasteiger partial charge in [-0.15, -0.1) is 0 Å². The molecule has 0 aliphatic rings. The number of aryl methyl sites for hydroxylation is 1. The highest BCUT2D eigenvalue weighted by Crippen LogP contribution is 2.29. The van der Waals surface area contributed by atoms with E-state index in [0.29, 0.717) is 19.4 Å². The van der Waals surface area contributed by atoms with Crippen molar-refractivity contribution in [3.05, 3.63) is 112 Å². The van der Waals surface area contributed by atoms with Crippen LogP contribution in [0.5, 0.6) is 5.75 Å². The molecule has 0 heterocycles. The lowest BCUT2D eigenvalue weighted by Crippen LogP contribution is -2.54. The number of nitrogens with two attached hydrogens (primary N) is 2. The molecule has 0 saturated heterocycles. The summed E-state index contributed by atoms with van der Waals surface area (Å²) >= 11 is 0. The van der Waals surface area contributed by atoms with E-state index in [4.69, 9.17) is 16.2 Å². The molecule has 11 heteroatoms. The average Bonchev–Trinajstić information content (AvgIpc) is 2.99. The molecule has 0 aliphatic carbocycles. The van der Waals surface area contributed by atoms with E-state index in [9.17, 15) is 19.7 Å². The van der Waals surface area contributed by atoms with E-state index in [1.54, 1.807) is 12.0 Å². The quantitative estimate of drug-likeness (QED) is 0.0822. The summed E-state index contributed by atoms with van der Waals surface area (Å²) in [6.45, 7) is 0.572. The minimum absolute atomic E-state index is 0.245. The Bertz CT molecular complexity index is 1280. The van der Waals surface area contributed by atoms with Crippen LogP contribution in [-0.4, -0.2) is 53.9 Å². The van der Waals surface area contributed by atoms with Crippen molar-refractivity contribution in [1.29, 1.82) is 0 Å². The van der Waals surface area contributed by atoms with Crippen molar-refractivity contribution in [2.24, 2.45) is 16.6 Å². The Morgan fingerprint density at radius 3 is 2.07 bits per heavy atom. The van der Waals surface area contributed by atoms with Crippen LogP contribution in [0.1, 0.15) is 48.3 Å². The number of nitrogens with zero attached hydrogens (tertiary/aromatic N) is 3. The van der Waals surface area contributed by atoms with Crippen molar-refractivity contribution in [1.82, 2.24) is 10.2 Å². The average molecular weight is 575 g/mol. The Hall–Kier alpha value is -4.77. The van der Waals surface area contributed by atoms with E-state index in [-0.39, 0.29) is 18.9 Å². The monoisotopic (exact) mass is 574 g/mol. The first-order valence-corrected chi connectivity index (χ1v) is 13.9. The summed E-state index contributed by atoms with van der Waals surface area (Å²) < 4.78 is 5.23. The number of hydrogen-bond acceptors (Lipinski definition) is 6.